The Balaban J connectivity index is 2.18. The van der Waals surface area contributed by atoms with Gasteiger partial charge in [0.25, 0.3) is 0 Å². The number of anilines is 1. The van der Waals surface area contributed by atoms with Crippen molar-refractivity contribution in [3.05, 3.63) is 29.3 Å². The van der Waals surface area contributed by atoms with Crippen LogP contribution in [0.5, 0.6) is 0 Å². The van der Waals surface area contributed by atoms with Crippen molar-refractivity contribution < 1.29 is 4.79 Å². The van der Waals surface area contributed by atoms with Crippen molar-refractivity contribution in [2.24, 2.45) is 5.92 Å². The van der Waals surface area contributed by atoms with E-state index in [0.717, 1.165) is 18.8 Å². The second-order valence-corrected chi connectivity index (χ2v) is 5.73. The van der Waals surface area contributed by atoms with Crippen molar-refractivity contribution in [1.29, 1.82) is 0 Å². The van der Waals surface area contributed by atoms with Crippen molar-refractivity contribution in [3.8, 4) is 0 Å². The average Bonchev–Trinajstić information content (AvgIpc) is 2.82. The molecule has 1 N–H and O–H groups in total. The second kappa shape index (κ2) is 5.74. The lowest BCUT2D eigenvalue weighted by atomic mass is 10.1. The van der Waals surface area contributed by atoms with Crippen molar-refractivity contribution >= 4 is 11.6 Å². The molecule has 19 heavy (non-hydrogen) atoms. The van der Waals surface area contributed by atoms with Gasteiger partial charge < -0.3 is 5.32 Å². The summed E-state index contributed by atoms with van der Waals surface area (Å²) in [6.07, 6.45) is 0.524. The molecule has 1 aromatic rings. The molecule has 1 heterocycles. The van der Waals surface area contributed by atoms with Crippen molar-refractivity contribution in [1.82, 2.24) is 4.90 Å². The molecular formula is C16H24N2O. The Morgan fingerprint density at radius 1 is 1.32 bits per heavy atom. The Hall–Kier alpha value is -1.35. The molecule has 0 bridgehead atoms. The quantitative estimate of drug-likeness (QED) is 0.900. The van der Waals surface area contributed by atoms with E-state index in [9.17, 15) is 4.79 Å². The maximum absolute atomic E-state index is 11.6. The molecular weight excluding hydrogens is 236 g/mol. The first kappa shape index (κ1) is 14.1. The molecule has 2 rings (SSSR count). The summed E-state index contributed by atoms with van der Waals surface area (Å²) in [4.78, 5) is 14.1. The number of amides is 1. The lowest BCUT2D eigenvalue weighted by molar-refractivity contribution is -0.115. The van der Waals surface area contributed by atoms with Crippen LogP contribution in [-0.2, 0) is 17.9 Å². The third-order valence-corrected chi connectivity index (χ3v) is 4.14. The summed E-state index contributed by atoms with van der Waals surface area (Å²) < 4.78 is 0. The largest absolute Gasteiger partial charge is 0.326 e. The van der Waals surface area contributed by atoms with Gasteiger partial charge in [-0.3, -0.25) is 9.69 Å². The number of fused-ring (bicyclic) bond motifs is 1. The van der Waals surface area contributed by atoms with Gasteiger partial charge in [0, 0.05) is 31.2 Å². The molecule has 1 amide bonds. The molecule has 0 saturated heterocycles. The molecule has 0 spiro atoms. The molecule has 0 saturated carbocycles. The van der Waals surface area contributed by atoms with Gasteiger partial charge in [0.15, 0.2) is 0 Å². The highest BCUT2D eigenvalue weighted by atomic mass is 16.1. The van der Waals surface area contributed by atoms with Crippen molar-refractivity contribution in [3.63, 3.8) is 0 Å². The summed E-state index contributed by atoms with van der Waals surface area (Å²) in [6.45, 7) is 10.6. The number of carbonyl (C=O) groups excluding carboxylic acids is 1. The van der Waals surface area contributed by atoms with E-state index in [4.69, 9.17) is 0 Å². The fourth-order valence-corrected chi connectivity index (χ4v) is 2.51. The Morgan fingerprint density at radius 3 is 2.68 bits per heavy atom. The van der Waals surface area contributed by atoms with Gasteiger partial charge in [-0.2, -0.15) is 0 Å². The van der Waals surface area contributed by atoms with Crippen LogP contribution in [0.15, 0.2) is 18.2 Å². The highest BCUT2D eigenvalue weighted by Gasteiger charge is 2.26. The number of carbonyl (C=O) groups is 1. The van der Waals surface area contributed by atoms with E-state index in [-0.39, 0.29) is 5.91 Å². The molecule has 0 radical (unpaired) electrons. The van der Waals surface area contributed by atoms with Gasteiger partial charge >= 0.3 is 0 Å². The molecule has 3 heteroatoms. The molecule has 0 fully saturated rings. The summed E-state index contributed by atoms with van der Waals surface area (Å²) in [5.74, 6) is 0.728. The van der Waals surface area contributed by atoms with E-state index in [0.29, 0.717) is 18.4 Å². The van der Waals surface area contributed by atoms with Crippen LogP contribution in [0.2, 0.25) is 0 Å². The molecule has 1 aliphatic heterocycles. The molecule has 104 valence electrons. The van der Waals surface area contributed by atoms with Gasteiger partial charge in [-0.15, -0.1) is 0 Å². The van der Waals surface area contributed by atoms with Crippen molar-refractivity contribution in [2.75, 3.05) is 5.32 Å². The third kappa shape index (κ3) is 2.98. The minimum atomic E-state index is 0.0868. The zero-order valence-corrected chi connectivity index (χ0v) is 12.4. The van der Waals surface area contributed by atoms with Crippen LogP contribution < -0.4 is 5.32 Å². The smallest absolute Gasteiger partial charge is 0.224 e. The number of rotatable bonds is 4. The highest BCUT2D eigenvalue weighted by Crippen LogP contribution is 2.31. The normalized spacial score (nSPS) is 16.5. The monoisotopic (exact) mass is 260 g/mol. The van der Waals surface area contributed by atoms with E-state index in [2.05, 4.69) is 37.1 Å². The molecule has 3 nitrogen and oxygen atoms in total. The van der Waals surface area contributed by atoms with Crippen LogP contribution in [0, 0.1) is 5.92 Å². The van der Waals surface area contributed by atoms with E-state index in [1.807, 2.05) is 19.1 Å². The van der Waals surface area contributed by atoms with Crippen LogP contribution in [0.25, 0.3) is 0 Å². The van der Waals surface area contributed by atoms with E-state index in [1.54, 1.807) is 0 Å². The molecule has 1 aliphatic rings. The van der Waals surface area contributed by atoms with Crippen LogP contribution >= 0.6 is 0 Å². The van der Waals surface area contributed by atoms with Gasteiger partial charge in [0.1, 0.15) is 0 Å². The Morgan fingerprint density at radius 2 is 2.05 bits per heavy atom. The first-order valence-electron chi connectivity index (χ1n) is 7.17. The van der Waals surface area contributed by atoms with Crippen LogP contribution in [0.4, 0.5) is 5.69 Å². The van der Waals surface area contributed by atoms with Crippen LogP contribution in [0.1, 0.15) is 45.2 Å². The lowest BCUT2D eigenvalue weighted by Crippen LogP contribution is -2.32. The summed E-state index contributed by atoms with van der Waals surface area (Å²) in [5, 5.41) is 3.02. The number of nitrogens with zero attached hydrogens (tertiary/aromatic N) is 1. The maximum atomic E-state index is 11.6. The molecule has 1 unspecified atom stereocenters. The maximum Gasteiger partial charge on any atom is 0.224 e. The number of hydrogen-bond acceptors (Lipinski definition) is 2. The summed E-state index contributed by atoms with van der Waals surface area (Å²) in [7, 11) is 0. The molecule has 0 aliphatic carbocycles. The predicted octanol–water partition coefficient (Wildman–Crippen LogP) is 3.40. The fourth-order valence-electron chi connectivity index (χ4n) is 2.51. The summed E-state index contributed by atoms with van der Waals surface area (Å²) in [6, 6.07) is 6.77. The van der Waals surface area contributed by atoms with Gasteiger partial charge in [-0.25, -0.2) is 0 Å². The second-order valence-electron chi connectivity index (χ2n) is 5.73. The summed E-state index contributed by atoms with van der Waals surface area (Å²) in [5.41, 5.74) is 3.63. The van der Waals surface area contributed by atoms with Gasteiger partial charge in [0.2, 0.25) is 5.91 Å². The first-order chi connectivity index (χ1) is 9.02. The van der Waals surface area contributed by atoms with Crippen LogP contribution in [0.3, 0.4) is 0 Å². The van der Waals surface area contributed by atoms with Gasteiger partial charge in [0.05, 0.1) is 0 Å². The molecule has 0 aromatic heterocycles. The Kier molecular flexibility index (Phi) is 4.25. The average molecular weight is 260 g/mol. The number of hydrogen-bond donors (Lipinski definition) is 1. The Labute approximate surface area is 116 Å². The first-order valence-corrected chi connectivity index (χ1v) is 7.17. The number of benzene rings is 1. The van der Waals surface area contributed by atoms with Crippen molar-refractivity contribution in [2.45, 2.75) is 53.2 Å². The zero-order valence-electron chi connectivity index (χ0n) is 12.4. The highest BCUT2D eigenvalue weighted by molar-refractivity contribution is 5.91. The minimum Gasteiger partial charge on any atom is -0.326 e. The Bertz CT molecular complexity index is 468. The lowest BCUT2D eigenvalue weighted by Gasteiger charge is -2.27. The minimum absolute atomic E-state index is 0.0868. The topological polar surface area (TPSA) is 32.3 Å². The molecule has 1 atom stereocenters. The standard InChI is InChI=1S/C16H24N2O/c1-5-16(19)17-15-8-6-7-13-9-18(10-14(13)15)12(4)11(2)3/h6-8,11-12H,5,9-10H2,1-4H3,(H,17,19). The third-order valence-electron chi connectivity index (χ3n) is 4.14. The van der Waals surface area contributed by atoms with Crippen LogP contribution in [-0.4, -0.2) is 16.8 Å². The predicted molar refractivity (Wildman–Crippen MR) is 78.9 cm³/mol. The van der Waals surface area contributed by atoms with E-state index >= 15 is 0 Å². The van der Waals surface area contributed by atoms with E-state index < -0.39 is 0 Å². The van der Waals surface area contributed by atoms with Gasteiger partial charge in [-0.05, 0) is 30.0 Å². The van der Waals surface area contributed by atoms with Gasteiger partial charge in [-0.1, -0.05) is 32.9 Å². The number of nitrogens with one attached hydrogen (secondary N) is 1. The molecule has 1 aromatic carbocycles. The zero-order chi connectivity index (χ0) is 14.0. The SMILES string of the molecule is CCC(=O)Nc1cccc2c1CN(C(C)C(C)C)C2. The fraction of sp³-hybridized carbons (Fsp3) is 0.562. The van der Waals surface area contributed by atoms with E-state index in [1.165, 1.54) is 11.1 Å². The summed E-state index contributed by atoms with van der Waals surface area (Å²) >= 11 is 0.